The molecule has 0 saturated carbocycles. The van der Waals surface area contributed by atoms with E-state index < -0.39 is 0 Å². The number of hydrogen-bond donors (Lipinski definition) is 0. The third kappa shape index (κ3) is 3.59. The lowest BCUT2D eigenvalue weighted by molar-refractivity contribution is 0.522. The summed E-state index contributed by atoms with van der Waals surface area (Å²) in [6.07, 6.45) is 9.55. The fourth-order valence-electron chi connectivity index (χ4n) is 2.60. The fourth-order valence-corrected chi connectivity index (χ4v) is 2.60. The molecule has 0 fully saturated rings. The molecule has 0 bridgehead atoms. The molecule has 0 aromatic carbocycles. The van der Waals surface area contributed by atoms with Crippen molar-refractivity contribution in [2.24, 2.45) is 17.8 Å². The van der Waals surface area contributed by atoms with E-state index in [2.05, 4.69) is 59.8 Å². The van der Waals surface area contributed by atoms with Crippen LogP contribution in [0.2, 0.25) is 0 Å². The third-order valence-corrected chi connectivity index (χ3v) is 3.84. The molecule has 96 valence electrons. The Labute approximate surface area is 108 Å². The highest BCUT2D eigenvalue weighted by Crippen LogP contribution is 2.35. The van der Waals surface area contributed by atoms with Crippen LogP contribution >= 0.6 is 0 Å². The van der Waals surface area contributed by atoms with E-state index in [1.807, 2.05) is 0 Å². The van der Waals surface area contributed by atoms with Crippen molar-refractivity contribution in [2.45, 2.75) is 54.4 Å². The van der Waals surface area contributed by atoms with Crippen LogP contribution in [0.1, 0.15) is 54.4 Å². The van der Waals surface area contributed by atoms with Crippen LogP contribution in [0.3, 0.4) is 0 Å². The van der Waals surface area contributed by atoms with Gasteiger partial charge in [-0.3, -0.25) is 0 Å². The van der Waals surface area contributed by atoms with E-state index in [0.29, 0.717) is 17.8 Å². The first-order chi connectivity index (χ1) is 7.97. The monoisotopic (exact) mass is 232 g/mol. The first kappa shape index (κ1) is 14.3. The van der Waals surface area contributed by atoms with Crippen molar-refractivity contribution in [3.8, 4) is 0 Å². The minimum Gasteiger partial charge on any atom is -0.0910 e. The van der Waals surface area contributed by atoms with E-state index in [1.165, 1.54) is 12.8 Å². The number of rotatable bonds is 4. The predicted molar refractivity (Wildman–Crippen MR) is 78.0 cm³/mol. The Kier molecular flexibility index (Phi) is 5.24. The Morgan fingerprint density at radius 3 is 2.24 bits per heavy atom. The molecule has 0 amide bonds. The summed E-state index contributed by atoms with van der Waals surface area (Å²) in [6, 6.07) is 0. The lowest BCUT2D eigenvalue weighted by Crippen LogP contribution is -2.13. The van der Waals surface area contributed by atoms with E-state index in [-0.39, 0.29) is 0 Å². The molecule has 0 spiro atoms. The number of hydrogen-bond acceptors (Lipinski definition) is 0. The average Bonchev–Trinajstić information content (AvgIpc) is 2.26. The molecule has 1 aliphatic rings. The smallest absolute Gasteiger partial charge is 0.00403 e. The van der Waals surface area contributed by atoms with Crippen LogP contribution in [-0.4, -0.2) is 0 Å². The molecule has 1 atom stereocenters. The van der Waals surface area contributed by atoms with Crippen molar-refractivity contribution in [1.29, 1.82) is 0 Å². The van der Waals surface area contributed by atoms with Crippen molar-refractivity contribution in [3.63, 3.8) is 0 Å². The minimum absolute atomic E-state index is 0.592. The van der Waals surface area contributed by atoms with E-state index >= 15 is 0 Å². The first-order valence-electron chi connectivity index (χ1n) is 7.00. The molecule has 0 aromatic rings. The molecule has 17 heavy (non-hydrogen) atoms. The van der Waals surface area contributed by atoms with Crippen molar-refractivity contribution in [2.75, 3.05) is 0 Å². The molecule has 0 heteroatoms. The van der Waals surface area contributed by atoms with Crippen LogP contribution in [0.5, 0.6) is 0 Å². The molecule has 0 nitrogen and oxygen atoms in total. The van der Waals surface area contributed by atoms with Gasteiger partial charge in [-0.1, -0.05) is 57.1 Å². The Bertz CT molecular complexity index is 337. The normalized spacial score (nSPS) is 19.4. The van der Waals surface area contributed by atoms with Gasteiger partial charge in [0.15, 0.2) is 0 Å². The highest BCUT2D eigenvalue weighted by atomic mass is 14.3. The second-order valence-corrected chi connectivity index (χ2v) is 5.91. The summed E-state index contributed by atoms with van der Waals surface area (Å²) in [6.45, 7) is 13.7. The van der Waals surface area contributed by atoms with Gasteiger partial charge in [0, 0.05) is 5.92 Å². The molecule has 0 heterocycles. The lowest BCUT2D eigenvalue weighted by atomic mass is 9.78. The summed E-state index contributed by atoms with van der Waals surface area (Å²) >= 11 is 0. The predicted octanol–water partition coefficient (Wildman–Crippen LogP) is 5.53. The van der Waals surface area contributed by atoms with Crippen LogP contribution in [0.25, 0.3) is 0 Å². The van der Waals surface area contributed by atoms with Gasteiger partial charge in [-0.25, -0.2) is 0 Å². The van der Waals surface area contributed by atoms with Crippen molar-refractivity contribution in [1.82, 2.24) is 0 Å². The van der Waals surface area contributed by atoms with Crippen molar-refractivity contribution in [3.05, 3.63) is 34.9 Å². The van der Waals surface area contributed by atoms with Gasteiger partial charge in [-0.15, -0.1) is 0 Å². The van der Waals surface area contributed by atoms with Crippen LogP contribution in [0, 0.1) is 17.8 Å². The van der Waals surface area contributed by atoms with Gasteiger partial charge >= 0.3 is 0 Å². The van der Waals surface area contributed by atoms with E-state index in [0.717, 1.165) is 0 Å². The van der Waals surface area contributed by atoms with Crippen LogP contribution in [0.4, 0.5) is 0 Å². The Morgan fingerprint density at radius 2 is 1.76 bits per heavy atom. The zero-order valence-electron chi connectivity index (χ0n) is 12.4. The van der Waals surface area contributed by atoms with E-state index in [1.54, 1.807) is 16.7 Å². The van der Waals surface area contributed by atoms with E-state index in [9.17, 15) is 0 Å². The summed E-state index contributed by atoms with van der Waals surface area (Å²) in [4.78, 5) is 0. The molecule has 0 N–H and O–H groups in total. The molecule has 1 rings (SSSR count). The van der Waals surface area contributed by atoms with Crippen LogP contribution < -0.4 is 0 Å². The zero-order valence-corrected chi connectivity index (χ0v) is 12.4. The summed E-state index contributed by atoms with van der Waals surface area (Å²) in [7, 11) is 0. The summed E-state index contributed by atoms with van der Waals surface area (Å²) in [5, 5.41) is 0. The minimum atomic E-state index is 0.592. The highest BCUT2D eigenvalue weighted by molar-refractivity contribution is 5.37. The maximum absolute atomic E-state index is 2.48. The van der Waals surface area contributed by atoms with Gasteiger partial charge in [-0.05, 0) is 44.1 Å². The van der Waals surface area contributed by atoms with Gasteiger partial charge in [0.05, 0.1) is 0 Å². The number of allylic oxidation sites excluding steroid dienone is 6. The fraction of sp³-hybridized carbons (Fsp3) is 0.647. The molecular formula is C17H28. The van der Waals surface area contributed by atoms with Gasteiger partial charge in [0.1, 0.15) is 0 Å². The first-order valence-corrected chi connectivity index (χ1v) is 7.00. The Morgan fingerprint density at radius 1 is 1.12 bits per heavy atom. The molecule has 0 saturated heterocycles. The van der Waals surface area contributed by atoms with Crippen LogP contribution in [-0.2, 0) is 0 Å². The molecule has 1 aliphatic carbocycles. The van der Waals surface area contributed by atoms with Crippen LogP contribution in [0.15, 0.2) is 34.9 Å². The van der Waals surface area contributed by atoms with Crippen molar-refractivity contribution < 1.29 is 0 Å². The highest BCUT2D eigenvalue weighted by Gasteiger charge is 2.20. The lowest BCUT2D eigenvalue weighted by Gasteiger charge is -2.27. The maximum atomic E-state index is 2.48. The molecule has 0 aliphatic heterocycles. The standard InChI is InChI=1S/C17H28/c1-7-8-16(13(4)5)17-11-15(12(2)3)10-9-14(17)6/h7-8,11-13,16H,9-10H2,1-6H3. The Balaban J connectivity index is 3.07. The summed E-state index contributed by atoms with van der Waals surface area (Å²) in [5.41, 5.74) is 4.79. The topological polar surface area (TPSA) is 0 Å². The second kappa shape index (κ2) is 6.23. The quantitative estimate of drug-likeness (QED) is 0.559. The van der Waals surface area contributed by atoms with Gasteiger partial charge in [-0.2, -0.15) is 0 Å². The summed E-state index contributed by atoms with van der Waals surface area (Å²) < 4.78 is 0. The third-order valence-electron chi connectivity index (χ3n) is 3.84. The molecular weight excluding hydrogens is 204 g/mol. The van der Waals surface area contributed by atoms with Gasteiger partial charge in [0.25, 0.3) is 0 Å². The van der Waals surface area contributed by atoms with E-state index in [4.69, 9.17) is 0 Å². The zero-order chi connectivity index (χ0) is 13.0. The molecule has 0 radical (unpaired) electrons. The molecule has 1 unspecified atom stereocenters. The largest absolute Gasteiger partial charge is 0.0910 e. The second-order valence-electron chi connectivity index (χ2n) is 5.91. The molecule has 0 aromatic heterocycles. The van der Waals surface area contributed by atoms with Crippen molar-refractivity contribution >= 4 is 0 Å². The summed E-state index contributed by atoms with van der Waals surface area (Å²) in [5.74, 6) is 1.96. The maximum Gasteiger partial charge on any atom is 0.00403 e. The van der Waals surface area contributed by atoms with Gasteiger partial charge in [0.2, 0.25) is 0 Å². The van der Waals surface area contributed by atoms with Gasteiger partial charge < -0.3 is 0 Å². The Hall–Kier alpha value is -0.780. The SMILES string of the molecule is CC=CC(C1=C(C)CCC(C(C)C)=C1)C(C)C. The average molecular weight is 232 g/mol.